The first-order valence-corrected chi connectivity index (χ1v) is 24.0. The van der Waals surface area contributed by atoms with E-state index in [0.29, 0.717) is 0 Å². The minimum absolute atomic E-state index is 0.172. The van der Waals surface area contributed by atoms with E-state index in [0.717, 1.165) is 27.9 Å². The van der Waals surface area contributed by atoms with Crippen LogP contribution < -0.4 is 15.8 Å². The summed E-state index contributed by atoms with van der Waals surface area (Å²) in [6.07, 6.45) is 0. The molecule has 2 aliphatic rings. The zero-order valence-corrected chi connectivity index (χ0v) is 37.7. The van der Waals surface area contributed by atoms with Crippen molar-refractivity contribution in [1.29, 1.82) is 0 Å². The number of fused-ring (bicyclic) bond motifs is 17. The Labute approximate surface area is 397 Å². The molecule has 0 saturated heterocycles. The number of para-hydroxylation sites is 1. The van der Waals surface area contributed by atoms with Crippen LogP contribution in [-0.2, 0) is 0 Å². The fourth-order valence-electron chi connectivity index (χ4n) is 12.7. The van der Waals surface area contributed by atoms with Crippen LogP contribution in [0.5, 0.6) is 0 Å². The van der Waals surface area contributed by atoms with Crippen LogP contribution in [0.15, 0.2) is 223 Å². The Morgan fingerprint density at radius 2 is 1.04 bits per heavy atom. The van der Waals surface area contributed by atoms with Crippen LogP contribution in [0.2, 0.25) is 0 Å². The molecule has 0 fully saturated rings. The monoisotopic (exact) mass is 874 g/mol. The van der Waals surface area contributed by atoms with Crippen molar-refractivity contribution in [1.82, 2.24) is 4.48 Å². The van der Waals surface area contributed by atoms with Gasteiger partial charge < -0.3 is 13.8 Å². The smallest absolute Gasteiger partial charge is 0.333 e. The molecule has 0 aliphatic carbocycles. The highest BCUT2D eigenvalue weighted by atomic mass is 16.3. The minimum atomic E-state index is -0.172. The number of benzene rings is 12. The molecule has 16 rings (SSSR count). The van der Waals surface area contributed by atoms with E-state index >= 15 is 0 Å². The summed E-state index contributed by atoms with van der Waals surface area (Å²) in [6, 6.07) is 81.2. The van der Waals surface area contributed by atoms with E-state index in [1.54, 1.807) is 0 Å². The van der Waals surface area contributed by atoms with E-state index in [9.17, 15) is 0 Å². The number of aromatic nitrogens is 1. The Kier molecular flexibility index (Phi) is 7.36. The lowest BCUT2D eigenvalue weighted by atomic mass is 9.44. The highest BCUT2D eigenvalue weighted by molar-refractivity contribution is 6.91. The summed E-state index contributed by atoms with van der Waals surface area (Å²) in [5.41, 5.74) is 18.8. The molecule has 12 aromatic carbocycles. The predicted molar refractivity (Wildman–Crippen MR) is 293 cm³/mol. The number of aryl methyl sites for hydroxylation is 1. The van der Waals surface area contributed by atoms with Crippen LogP contribution >= 0.6 is 0 Å². The van der Waals surface area contributed by atoms with Crippen molar-refractivity contribution in [3.05, 3.63) is 224 Å². The highest BCUT2D eigenvalue weighted by Gasteiger charge is 2.45. The van der Waals surface area contributed by atoms with Gasteiger partial charge in [-0.25, -0.2) is 0 Å². The largest absolute Gasteiger partial charge is 0.456 e. The maximum Gasteiger partial charge on any atom is 0.333 e. The van der Waals surface area contributed by atoms with Crippen LogP contribution in [0.3, 0.4) is 0 Å². The van der Waals surface area contributed by atoms with Gasteiger partial charge in [-0.2, -0.15) is 0 Å². The first kappa shape index (κ1) is 37.3. The van der Waals surface area contributed by atoms with E-state index in [1.165, 1.54) is 126 Å². The summed E-state index contributed by atoms with van der Waals surface area (Å²) in [4.78, 5) is 2.60. The van der Waals surface area contributed by atoms with Crippen LogP contribution in [-0.4, -0.2) is 11.3 Å². The van der Waals surface area contributed by atoms with E-state index < -0.39 is 0 Å². The quantitative estimate of drug-likeness (QED) is 0.130. The second kappa shape index (κ2) is 13.6. The molecule has 0 amide bonds. The summed E-state index contributed by atoms with van der Waals surface area (Å²) in [7, 11) is 0. The number of hydrogen-bond acceptors (Lipinski definition) is 2. The number of furan rings is 1. The summed E-state index contributed by atoms with van der Waals surface area (Å²) in [6.45, 7) is 2.18. The molecule has 2 aromatic heterocycles. The average Bonchev–Trinajstić information content (AvgIpc) is 3.96. The molecule has 0 N–H and O–H groups in total. The summed E-state index contributed by atoms with van der Waals surface area (Å²) < 4.78 is 9.81. The number of nitrogens with zero attached hydrogens (tertiary/aromatic N) is 2. The molecule has 4 heteroatoms. The lowest BCUT2D eigenvalue weighted by Gasteiger charge is -2.42. The fourth-order valence-corrected chi connectivity index (χ4v) is 12.7. The topological polar surface area (TPSA) is 21.3 Å². The zero-order valence-electron chi connectivity index (χ0n) is 37.7. The lowest BCUT2D eigenvalue weighted by molar-refractivity contribution is 0.669. The fraction of sp³-hybridized carbons (Fsp3) is 0.0154. The van der Waals surface area contributed by atoms with Crippen molar-refractivity contribution in [2.24, 2.45) is 0 Å². The van der Waals surface area contributed by atoms with Crippen molar-refractivity contribution in [3.63, 3.8) is 0 Å². The molecule has 0 bridgehead atoms. The van der Waals surface area contributed by atoms with Crippen LogP contribution in [0.25, 0.3) is 120 Å². The minimum Gasteiger partial charge on any atom is -0.456 e. The van der Waals surface area contributed by atoms with Gasteiger partial charge >= 0.3 is 6.85 Å². The van der Waals surface area contributed by atoms with Gasteiger partial charge in [-0.1, -0.05) is 164 Å². The molecule has 0 atom stereocenters. The van der Waals surface area contributed by atoms with Gasteiger partial charge in [0, 0.05) is 61.3 Å². The van der Waals surface area contributed by atoms with Crippen molar-refractivity contribution in [2.45, 2.75) is 6.92 Å². The van der Waals surface area contributed by atoms with Gasteiger partial charge in [0.2, 0.25) is 0 Å². The molecule has 2 aliphatic heterocycles. The molecule has 0 unspecified atom stereocenters. The second-order valence-electron chi connectivity index (χ2n) is 19.2. The third-order valence-electron chi connectivity index (χ3n) is 15.6. The normalized spacial score (nSPS) is 12.9. The molecule has 3 nitrogen and oxygen atoms in total. The highest BCUT2D eigenvalue weighted by Crippen LogP contribution is 2.53. The van der Waals surface area contributed by atoms with Gasteiger partial charge in [-0.15, -0.1) is 0 Å². The Morgan fingerprint density at radius 1 is 0.420 bits per heavy atom. The molecular weight excluding hydrogens is 836 g/mol. The molecule has 4 heterocycles. The molecule has 69 heavy (non-hydrogen) atoms. The standard InChI is InChI=1S/C65H39BN2O/c1-38-52-34-43-22-9-8-21-42(43)30-47(52)36-54-64(38)67(48-32-45(39-16-4-2-5-17-39)31-46(33-48)40-18-6-3-7-19-40)56-37-58-60(51-26-14-15-27-57(51)69-58)61-53-35-44-23-11-13-25-50(44)62-59-49-24-12-10-20-41(49)28-29-55(59)68(65(53)62)66(54)63(56)61/h2-37H,1H3. The van der Waals surface area contributed by atoms with E-state index in [-0.39, 0.29) is 6.85 Å². The first-order valence-electron chi connectivity index (χ1n) is 24.0. The third kappa shape index (κ3) is 5.02. The first-order chi connectivity index (χ1) is 34.1. The number of anilines is 3. The van der Waals surface area contributed by atoms with Crippen molar-refractivity contribution >= 4 is 122 Å². The maximum atomic E-state index is 7.08. The van der Waals surface area contributed by atoms with Crippen molar-refractivity contribution < 1.29 is 4.42 Å². The number of hydrogen-bond donors (Lipinski definition) is 0. The van der Waals surface area contributed by atoms with Crippen LogP contribution in [0.4, 0.5) is 17.1 Å². The molecular formula is C65H39BN2O. The Morgan fingerprint density at radius 3 is 1.78 bits per heavy atom. The van der Waals surface area contributed by atoms with E-state index in [2.05, 4.69) is 235 Å². The molecule has 14 aromatic rings. The Hall–Kier alpha value is -8.86. The lowest BCUT2D eigenvalue weighted by Crippen LogP contribution is -2.57. The Balaban J connectivity index is 1.14. The van der Waals surface area contributed by atoms with Crippen LogP contribution in [0, 0.1) is 6.92 Å². The zero-order chi connectivity index (χ0) is 45.1. The summed E-state index contributed by atoms with van der Waals surface area (Å²) in [5.74, 6) is 0. The molecule has 0 saturated carbocycles. The Bertz CT molecular complexity index is 4510. The third-order valence-corrected chi connectivity index (χ3v) is 15.6. The van der Waals surface area contributed by atoms with Gasteiger partial charge in [0.05, 0.1) is 0 Å². The average molecular weight is 875 g/mol. The van der Waals surface area contributed by atoms with Gasteiger partial charge in [0.1, 0.15) is 11.2 Å². The predicted octanol–water partition coefficient (Wildman–Crippen LogP) is 16.4. The molecule has 0 radical (unpaired) electrons. The number of rotatable bonds is 3. The van der Waals surface area contributed by atoms with Gasteiger partial charge in [0.25, 0.3) is 0 Å². The van der Waals surface area contributed by atoms with E-state index in [1.807, 2.05) is 0 Å². The van der Waals surface area contributed by atoms with Gasteiger partial charge in [-0.3, -0.25) is 0 Å². The van der Waals surface area contributed by atoms with Crippen molar-refractivity contribution in [3.8, 4) is 33.4 Å². The van der Waals surface area contributed by atoms with Crippen LogP contribution in [0.1, 0.15) is 5.56 Å². The summed E-state index contributed by atoms with van der Waals surface area (Å²) >= 11 is 0. The van der Waals surface area contributed by atoms with Crippen molar-refractivity contribution in [2.75, 3.05) is 4.90 Å². The maximum absolute atomic E-state index is 7.08. The van der Waals surface area contributed by atoms with E-state index in [4.69, 9.17) is 4.42 Å². The SMILES string of the molecule is Cc1c2c(cc3cc4ccccc4cc13)B1c3c(cc4oc5ccccc5c4c3-c3cc4ccccc4c4c5c6ccccc6ccc5n1c34)N2c1cc(-c2ccccc2)cc(-c2ccccc2)c1. The molecule has 318 valence electrons. The second-order valence-corrected chi connectivity index (χ2v) is 19.2. The van der Waals surface area contributed by atoms with Gasteiger partial charge in [0.15, 0.2) is 0 Å². The van der Waals surface area contributed by atoms with Gasteiger partial charge in [-0.05, 0) is 143 Å². The molecule has 0 spiro atoms. The summed E-state index contributed by atoms with van der Waals surface area (Å²) in [5, 5.41) is 14.9.